The Labute approximate surface area is 130 Å². The number of allylic oxidation sites excluding steroid dienone is 1. The molecule has 0 saturated heterocycles. The molecule has 4 nitrogen and oxygen atoms in total. The number of ether oxygens (including phenoxy) is 1. The standard InChI is InChI=1S/C18H22O4/c1-18(2)8-7-14-13(9-18)15(17(20)21)16(22-14)12-6-4-3-5-11(12)10-19/h3-6,15-16,19H,7-10H2,1-2H3,(H,20,21). The number of benzene rings is 1. The van der Waals surface area contributed by atoms with Gasteiger partial charge in [-0.05, 0) is 35.0 Å². The van der Waals surface area contributed by atoms with Gasteiger partial charge in [0.25, 0.3) is 0 Å². The molecule has 0 amide bonds. The average molecular weight is 302 g/mol. The molecular weight excluding hydrogens is 280 g/mol. The highest BCUT2D eigenvalue weighted by molar-refractivity contribution is 5.76. The Balaban J connectivity index is 2.00. The van der Waals surface area contributed by atoms with Crippen molar-refractivity contribution in [1.29, 1.82) is 0 Å². The first-order valence-electron chi connectivity index (χ1n) is 7.73. The van der Waals surface area contributed by atoms with Crippen molar-refractivity contribution >= 4 is 5.97 Å². The number of aliphatic hydroxyl groups is 1. The van der Waals surface area contributed by atoms with E-state index >= 15 is 0 Å². The van der Waals surface area contributed by atoms with Crippen LogP contribution in [0.2, 0.25) is 0 Å². The number of hydrogen-bond acceptors (Lipinski definition) is 3. The van der Waals surface area contributed by atoms with Gasteiger partial charge in [0.05, 0.1) is 12.4 Å². The van der Waals surface area contributed by atoms with Crippen molar-refractivity contribution in [2.75, 3.05) is 0 Å². The summed E-state index contributed by atoms with van der Waals surface area (Å²) in [5.41, 5.74) is 2.56. The molecule has 1 heterocycles. The maximum atomic E-state index is 11.9. The monoisotopic (exact) mass is 302 g/mol. The molecule has 2 N–H and O–H groups in total. The lowest BCUT2D eigenvalue weighted by atomic mass is 9.73. The SMILES string of the molecule is CC1(C)CCC2=C(C1)C(C(=O)O)C(c1ccccc1CO)O2. The summed E-state index contributed by atoms with van der Waals surface area (Å²) in [4.78, 5) is 11.9. The van der Waals surface area contributed by atoms with Crippen LogP contribution in [0.3, 0.4) is 0 Å². The van der Waals surface area contributed by atoms with Gasteiger partial charge in [-0.1, -0.05) is 38.1 Å². The molecule has 2 aliphatic rings. The second kappa shape index (κ2) is 5.43. The third-order valence-electron chi connectivity index (χ3n) is 4.80. The average Bonchev–Trinajstić information content (AvgIpc) is 2.84. The Morgan fingerprint density at radius 1 is 1.36 bits per heavy atom. The van der Waals surface area contributed by atoms with Crippen molar-refractivity contribution in [1.82, 2.24) is 0 Å². The van der Waals surface area contributed by atoms with Crippen molar-refractivity contribution in [2.45, 2.75) is 45.8 Å². The van der Waals surface area contributed by atoms with E-state index in [-0.39, 0.29) is 12.0 Å². The van der Waals surface area contributed by atoms with E-state index in [1.807, 2.05) is 24.3 Å². The molecule has 1 aliphatic heterocycles. The van der Waals surface area contributed by atoms with E-state index in [9.17, 15) is 15.0 Å². The summed E-state index contributed by atoms with van der Waals surface area (Å²) in [7, 11) is 0. The first-order chi connectivity index (χ1) is 10.4. The van der Waals surface area contributed by atoms with Gasteiger partial charge in [0.15, 0.2) is 0 Å². The molecular formula is C18H22O4. The summed E-state index contributed by atoms with van der Waals surface area (Å²) in [6.07, 6.45) is 2.04. The van der Waals surface area contributed by atoms with Crippen molar-refractivity contribution in [3.63, 3.8) is 0 Å². The van der Waals surface area contributed by atoms with Crippen LogP contribution in [0.15, 0.2) is 35.6 Å². The summed E-state index contributed by atoms with van der Waals surface area (Å²) >= 11 is 0. The lowest BCUT2D eigenvalue weighted by Crippen LogP contribution is -2.25. The van der Waals surface area contributed by atoms with Gasteiger partial charge in [-0.2, -0.15) is 0 Å². The molecule has 4 heteroatoms. The summed E-state index contributed by atoms with van der Waals surface area (Å²) < 4.78 is 6.05. The lowest BCUT2D eigenvalue weighted by Gasteiger charge is -2.30. The van der Waals surface area contributed by atoms with E-state index in [1.54, 1.807) is 0 Å². The second-order valence-corrected chi connectivity index (χ2v) is 7.00. The summed E-state index contributed by atoms with van der Waals surface area (Å²) in [5, 5.41) is 19.3. The minimum absolute atomic E-state index is 0.112. The second-order valence-electron chi connectivity index (χ2n) is 7.00. The first-order valence-corrected chi connectivity index (χ1v) is 7.73. The molecule has 2 unspecified atom stereocenters. The molecule has 22 heavy (non-hydrogen) atoms. The fraction of sp³-hybridized carbons (Fsp3) is 0.500. The smallest absolute Gasteiger partial charge is 0.314 e. The Morgan fingerprint density at radius 3 is 2.77 bits per heavy atom. The topological polar surface area (TPSA) is 66.8 Å². The zero-order valence-corrected chi connectivity index (χ0v) is 13.0. The molecule has 0 aromatic heterocycles. The fourth-order valence-corrected chi connectivity index (χ4v) is 3.61. The zero-order valence-electron chi connectivity index (χ0n) is 13.0. The number of carboxylic acids is 1. The van der Waals surface area contributed by atoms with E-state index in [4.69, 9.17) is 4.74 Å². The Bertz CT molecular complexity index is 630. The third-order valence-corrected chi connectivity index (χ3v) is 4.80. The van der Waals surface area contributed by atoms with Crippen LogP contribution in [-0.4, -0.2) is 16.2 Å². The predicted octanol–water partition coefficient (Wildman–Crippen LogP) is 3.42. The lowest BCUT2D eigenvalue weighted by molar-refractivity contribution is -0.143. The Kier molecular flexibility index (Phi) is 3.73. The number of carbonyl (C=O) groups is 1. The molecule has 0 bridgehead atoms. The summed E-state index contributed by atoms with van der Waals surface area (Å²) in [6.45, 7) is 4.23. The minimum Gasteiger partial charge on any atom is -0.489 e. The van der Waals surface area contributed by atoms with Crippen LogP contribution in [0, 0.1) is 11.3 Å². The third kappa shape index (κ3) is 2.52. The number of aliphatic carboxylic acids is 1. The zero-order chi connectivity index (χ0) is 15.9. The van der Waals surface area contributed by atoms with E-state index in [0.717, 1.165) is 41.7 Å². The molecule has 0 fully saturated rings. The van der Waals surface area contributed by atoms with E-state index in [2.05, 4.69) is 13.8 Å². The molecule has 0 spiro atoms. The quantitative estimate of drug-likeness (QED) is 0.898. The summed E-state index contributed by atoms with van der Waals surface area (Å²) in [6, 6.07) is 7.38. The van der Waals surface area contributed by atoms with Gasteiger partial charge in [-0.15, -0.1) is 0 Å². The highest BCUT2D eigenvalue weighted by atomic mass is 16.5. The van der Waals surface area contributed by atoms with Gasteiger partial charge < -0.3 is 14.9 Å². The number of rotatable bonds is 3. The van der Waals surface area contributed by atoms with Crippen LogP contribution in [0.25, 0.3) is 0 Å². The molecule has 118 valence electrons. The van der Waals surface area contributed by atoms with Gasteiger partial charge in [-0.25, -0.2) is 0 Å². The van der Waals surface area contributed by atoms with Crippen LogP contribution in [0.5, 0.6) is 0 Å². The normalized spacial score (nSPS) is 26.5. The van der Waals surface area contributed by atoms with Gasteiger partial charge in [0.1, 0.15) is 12.0 Å². The fourth-order valence-electron chi connectivity index (χ4n) is 3.61. The maximum Gasteiger partial charge on any atom is 0.314 e. The largest absolute Gasteiger partial charge is 0.489 e. The molecule has 0 radical (unpaired) electrons. The molecule has 1 aliphatic carbocycles. The number of hydrogen-bond donors (Lipinski definition) is 2. The van der Waals surface area contributed by atoms with Crippen molar-refractivity contribution in [3.05, 3.63) is 46.7 Å². The van der Waals surface area contributed by atoms with Crippen LogP contribution < -0.4 is 0 Å². The molecule has 1 aromatic rings. The predicted molar refractivity (Wildman–Crippen MR) is 82.0 cm³/mol. The Morgan fingerprint density at radius 2 is 2.09 bits per heavy atom. The summed E-state index contributed by atoms with van der Waals surface area (Å²) in [5.74, 6) is -0.646. The maximum absolute atomic E-state index is 11.9. The van der Waals surface area contributed by atoms with Crippen molar-refractivity contribution in [3.8, 4) is 0 Å². The molecule has 0 saturated carbocycles. The Hall–Kier alpha value is -1.81. The van der Waals surface area contributed by atoms with Gasteiger partial charge >= 0.3 is 5.97 Å². The van der Waals surface area contributed by atoms with Crippen LogP contribution in [0.1, 0.15) is 50.3 Å². The van der Waals surface area contributed by atoms with Crippen molar-refractivity contribution in [2.24, 2.45) is 11.3 Å². The molecule has 1 aromatic carbocycles. The van der Waals surface area contributed by atoms with Crippen LogP contribution in [0.4, 0.5) is 0 Å². The van der Waals surface area contributed by atoms with Crippen molar-refractivity contribution < 1.29 is 19.7 Å². The van der Waals surface area contributed by atoms with E-state index in [0.29, 0.717) is 0 Å². The molecule has 2 atom stereocenters. The molecule has 3 rings (SSSR count). The van der Waals surface area contributed by atoms with Gasteiger partial charge in [0.2, 0.25) is 0 Å². The van der Waals surface area contributed by atoms with E-state index in [1.165, 1.54) is 0 Å². The highest BCUT2D eigenvalue weighted by Crippen LogP contribution is 2.51. The first kappa shape index (κ1) is 15.1. The van der Waals surface area contributed by atoms with Crippen LogP contribution >= 0.6 is 0 Å². The number of carboxylic acid groups (broad SMARTS) is 1. The highest BCUT2D eigenvalue weighted by Gasteiger charge is 2.46. The number of aliphatic hydroxyl groups excluding tert-OH is 1. The van der Waals surface area contributed by atoms with Gasteiger partial charge in [0, 0.05) is 6.42 Å². The van der Waals surface area contributed by atoms with E-state index < -0.39 is 18.0 Å². The van der Waals surface area contributed by atoms with Crippen LogP contribution in [-0.2, 0) is 16.1 Å². The minimum atomic E-state index is -0.847. The van der Waals surface area contributed by atoms with Gasteiger partial charge in [-0.3, -0.25) is 4.79 Å².